The Morgan fingerprint density at radius 2 is 1.64 bits per heavy atom. The van der Waals surface area contributed by atoms with Crippen LogP contribution in [0.15, 0.2) is 0 Å². The normalized spacial score (nSPS) is 22.0. The summed E-state index contributed by atoms with van der Waals surface area (Å²) in [6.07, 6.45) is -1.08. The Hall–Kier alpha value is -1.97. The lowest BCUT2D eigenvalue weighted by molar-refractivity contribution is 0.0281. The van der Waals surface area contributed by atoms with Gasteiger partial charge in [-0.1, -0.05) is 0 Å². The number of rotatable bonds is 1. The molecule has 7 nitrogen and oxygen atoms in total. The van der Waals surface area contributed by atoms with Gasteiger partial charge in [-0.25, -0.2) is 9.59 Å². The lowest BCUT2D eigenvalue weighted by Gasteiger charge is -2.24. The van der Waals surface area contributed by atoms with E-state index in [2.05, 4.69) is 11.4 Å². The molecular formula is C15H25N3O4. The minimum atomic E-state index is -0.615. The first-order chi connectivity index (χ1) is 9.91. The molecule has 7 heteroatoms. The van der Waals surface area contributed by atoms with Gasteiger partial charge in [-0.15, -0.1) is 0 Å². The highest BCUT2D eigenvalue weighted by Crippen LogP contribution is 2.20. The van der Waals surface area contributed by atoms with Crippen molar-refractivity contribution in [2.24, 2.45) is 5.92 Å². The van der Waals surface area contributed by atoms with Gasteiger partial charge in [-0.3, -0.25) is 0 Å². The van der Waals surface area contributed by atoms with Crippen LogP contribution in [0.4, 0.5) is 9.59 Å². The predicted molar refractivity (Wildman–Crippen MR) is 80.1 cm³/mol. The van der Waals surface area contributed by atoms with E-state index < -0.39 is 35.3 Å². The molecule has 0 aromatic carbocycles. The SMILES string of the molecule is CC(C)(C)OC(=O)N[C@@H]1CN(C(=O)OC(C)(C)C)C[C@@H]1C#N. The molecule has 0 aromatic rings. The Balaban J connectivity index is 2.64. The van der Waals surface area contributed by atoms with Gasteiger partial charge in [0, 0.05) is 13.1 Å². The van der Waals surface area contributed by atoms with E-state index in [1.165, 1.54) is 4.90 Å². The fraction of sp³-hybridized carbons (Fsp3) is 0.800. The van der Waals surface area contributed by atoms with Crippen LogP contribution in [0, 0.1) is 17.2 Å². The summed E-state index contributed by atoms with van der Waals surface area (Å²) >= 11 is 0. The van der Waals surface area contributed by atoms with Crippen LogP contribution in [-0.4, -0.2) is 47.4 Å². The maximum Gasteiger partial charge on any atom is 0.410 e. The lowest BCUT2D eigenvalue weighted by Crippen LogP contribution is -2.43. The average molecular weight is 311 g/mol. The molecule has 2 atom stereocenters. The maximum absolute atomic E-state index is 12.0. The van der Waals surface area contributed by atoms with E-state index in [9.17, 15) is 14.9 Å². The number of hydrogen-bond acceptors (Lipinski definition) is 5. The van der Waals surface area contributed by atoms with Gasteiger partial charge in [0.15, 0.2) is 0 Å². The van der Waals surface area contributed by atoms with Crippen LogP contribution in [0.3, 0.4) is 0 Å². The van der Waals surface area contributed by atoms with Crippen molar-refractivity contribution < 1.29 is 19.1 Å². The minimum absolute atomic E-state index is 0.228. The Bertz CT molecular complexity index is 471. The summed E-state index contributed by atoms with van der Waals surface area (Å²) in [6, 6.07) is 1.64. The summed E-state index contributed by atoms with van der Waals surface area (Å²) in [5, 5.41) is 11.8. The third kappa shape index (κ3) is 5.80. The predicted octanol–water partition coefficient (Wildman–Crippen LogP) is 2.27. The van der Waals surface area contributed by atoms with Gasteiger partial charge in [0.25, 0.3) is 0 Å². The Kier molecular flexibility index (Phi) is 5.28. The molecular weight excluding hydrogens is 286 g/mol. The third-order valence-electron chi connectivity index (χ3n) is 2.84. The summed E-state index contributed by atoms with van der Waals surface area (Å²) in [4.78, 5) is 25.3. The van der Waals surface area contributed by atoms with Crippen molar-refractivity contribution in [3.05, 3.63) is 0 Å². The molecule has 0 bridgehead atoms. The van der Waals surface area contributed by atoms with Crippen molar-refractivity contribution in [2.45, 2.75) is 58.8 Å². The Labute approximate surface area is 131 Å². The number of nitrogens with zero attached hydrogens (tertiary/aromatic N) is 2. The number of alkyl carbamates (subject to hydrolysis) is 1. The van der Waals surface area contributed by atoms with Crippen molar-refractivity contribution in [1.29, 1.82) is 5.26 Å². The van der Waals surface area contributed by atoms with Crippen molar-refractivity contribution >= 4 is 12.2 Å². The van der Waals surface area contributed by atoms with Gasteiger partial charge in [-0.2, -0.15) is 5.26 Å². The van der Waals surface area contributed by atoms with E-state index in [1.807, 2.05) is 0 Å². The van der Waals surface area contributed by atoms with Crippen LogP contribution in [-0.2, 0) is 9.47 Å². The summed E-state index contributed by atoms with van der Waals surface area (Å²) in [7, 11) is 0. The molecule has 1 fully saturated rings. The molecule has 22 heavy (non-hydrogen) atoms. The molecule has 1 aliphatic heterocycles. The second-order valence-corrected chi connectivity index (χ2v) is 7.37. The number of hydrogen-bond donors (Lipinski definition) is 1. The first-order valence-corrected chi connectivity index (χ1v) is 7.28. The zero-order valence-corrected chi connectivity index (χ0v) is 14.1. The number of ether oxygens (including phenoxy) is 2. The van der Waals surface area contributed by atoms with Crippen molar-refractivity contribution in [3.63, 3.8) is 0 Å². The number of carbonyl (C=O) groups is 2. The van der Waals surface area contributed by atoms with Crippen LogP contribution in [0.25, 0.3) is 0 Å². The van der Waals surface area contributed by atoms with Gasteiger partial charge >= 0.3 is 12.2 Å². The maximum atomic E-state index is 12.0. The highest BCUT2D eigenvalue weighted by molar-refractivity contribution is 5.70. The smallest absolute Gasteiger partial charge is 0.410 e. The molecule has 1 heterocycles. The van der Waals surface area contributed by atoms with Crippen molar-refractivity contribution in [1.82, 2.24) is 10.2 Å². The number of nitrogens with one attached hydrogen (secondary N) is 1. The van der Waals surface area contributed by atoms with Crippen molar-refractivity contribution in [2.75, 3.05) is 13.1 Å². The van der Waals surface area contributed by atoms with Crippen LogP contribution in [0.1, 0.15) is 41.5 Å². The molecule has 0 aromatic heterocycles. The first kappa shape index (κ1) is 18.1. The zero-order valence-electron chi connectivity index (χ0n) is 14.1. The largest absolute Gasteiger partial charge is 0.444 e. The van der Waals surface area contributed by atoms with Gasteiger partial charge < -0.3 is 19.7 Å². The molecule has 0 spiro atoms. The van der Waals surface area contributed by atoms with E-state index >= 15 is 0 Å². The quantitative estimate of drug-likeness (QED) is 0.802. The molecule has 0 unspecified atom stereocenters. The number of carbonyl (C=O) groups excluding carboxylic acids is 2. The van der Waals surface area contributed by atoms with Crippen LogP contribution >= 0.6 is 0 Å². The van der Waals surface area contributed by atoms with E-state index in [0.29, 0.717) is 0 Å². The van der Waals surface area contributed by atoms with Gasteiger partial charge in [0.05, 0.1) is 18.0 Å². The van der Waals surface area contributed by atoms with E-state index in [4.69, 9.17) is 9.47 Å². The van der Waals surface area contributed by atoms with E-state index in [0.717, 1.165) is 0 Å². The number of nitriles is 1. The lowest BCUT2D eigenvalue weighted by atomic mass is 10.1. The van der Waals surface area contributed by atoms with Gasteiger partial charge in [-0.05, 0) is 41.5 Å². The van der Waals surface area contributed by atoms with Crippen LogP contribution in [0.2, 0.25) is 0 Å². The highest BCUT2D eigenvalue weighted by Gasteiger charge is 2.38. The fourth-order valence-corrected chi connectivity index (χ4v) is 2.02. The van der Waals surface area contributed by atoms with Gasteiger partial charge in [0.2, 0.25) is 0 Å². The van der Waals surface area contributed by atoms with Crippen LogP contribution in [0.5, 0.6) is 0 Å². The zero-order chi connectivity index (χ0) is 17.1. The van der Waals surface area contributed by atoms with E-state index in [1.54, 1.807) is 41.5 Å². The molecule has 124 valence electrons. The summed E-state index contributed by atoms with van der Waals surface area (Å²) in [5.41, 5.74) is -1.22. The molecule has 2 amide bonds. The summed E-state index contributed by atoms with van der Waals surface area (Å²) in [6.45, 7) is 11.1. The molecule has 1 aliphatic rings. The van der Waals surface area contributed by atoms with Crippen molar-refractivity contribution in [3.8, 4) is 6.07 Å². The molecule has 1 saturated heterocycles. The van der Waals surface area contributed by atoms with E-state index in [-0.39, 0.29) is 13.1 Å². The fourth-order valence-electron chi connectivity index (χ4n) is 2.02. The Morgan fingerprint density at radius 3 is 2.09 bits per heavy atom. The first-order valence-electron chi connectivity index (χ1n) is 7.28. The number of amides is 2. The highest BCUT2D eigenvalue weighted by atomic mass is 16.6. The minimum Gasteiger partial charge on any atom is -0.444 e. The second-order valence-electron chi connectivity index (χ2n) is 7.37. The van der Waals surface area contributed by atoms with Crippen LogP contribution < -0.4 is 5.32 Å². The number of likely N-dealkylation sites (tertiary alicyclic amines) is 1. The molecule has 0 aliphatic carbocycles. The molecule has 0 saturated carbocycles. The Morgan fingerprint density at radius 1 is 1.09 bits per heavy atom. The molecule has 1 N–H and O–H groups in total. The standard InChI is InChI=1S/C15H25N3O4/c1-14(2,3)21-12(19)17-11-9-18(8-10(11)7-16)13(20)22-15(4,5)6/h10-11H,8-9H2,1-6H3,(H,17,19)/t10-,11+/m0/s1. The summed E-state index contributed by atoms with van der Waals surface area (Å²) in [5.74, 6) is -0.486. The monoisotopic (exact) mass is 311 g/mol. The molecule has 0 radical (unpaired) electrons. The average Bonchev–Trinajstić information content (AvgIpc) is 2.67. The topological polar surface area (TPSA) is 91.7 Å². The third-order valence-corrected chi connectivity index (χ3v) is 2.84. The molecule has 1 rings (SSSR count). The van der Waals surface area contributed by atoms with Gasteiger partial charge in [0.1, 0.15) is 11.2 Å². The summed E-state index contributed by atoms with van der Waals surface area (Å²) < 4.78 is 10.5. The second kappa shape index (κ2) is 6.42.